The first-order valence-corrected chi connectivity index (χ1v) is 11.0. The summed E-state index contributed by atoms with van der Waals surface area (Å²) in [5.41, 5.74) is 0.810. The number of thiazole rings is 1. The zero-order valence-electron chi connectivity index (χ0n) is 15.7. The third-order valence-corrected chi connectivity index (χ3v) is 6.30. The van der Waals surface area contributed by atoms with Gasteiger partial charge in [-0.25, -0.2) is 4.98 Å². The van der Waals surface area contributed by atoms with Crippen molar-refractivity contribution < 1.29 is 18.0 Å². The highest BCUT2D eigenvalue weighted by Gasteiger charge is 2.32. The van der Waals surface area contributed by atoms with Crippen molar-refractivity contribution in [1.82, 2.24) is 19.6 Å². The minimum atomic E-state index is -4.58. The number of carbonyl (C=O) groups excluding carboxylic acids is 1. The first-order chi connectivity index (χ1) is 14.7. The molecule has 0 spiro atoms. The van der Waals surface area contributed by atoms with Crippen LogP contribution in [0, 0.1) is 0 Å². The zero-order chi connectivity index (χ0) is 22.2. The lowest BCUT2D eigenvalue weighted by atomic mass is 10.2. The van der Waals surface area contributed by atoms with Gasteiger partial charge in [-0.2, -0.15) is 13.2 Å². The van der Waals surface area contributed by atoms with Crippen LogP contribution in [0.1, 0.15) is 12.5 Å². The SMILES string of the molecule is C[C@H](Sc1nnc2c(Cl)cc(C(F)(F)F)cn12)C(=O)Nc1nc(-c2ccccc2)cs1. The van der Waals surface area contributed by atoms with Crippen LogP contribution in [-0.4, -0.2) is 30.7 Å². The van der Waals surface area contributed by atoms with E-state index >= 15 is 0 Å². The van der Waals surface area contributed by atoms with Gasteiger partial charge in [-0.15, -0.1) is 21.5 Å². The van der Waals surface area contributed by atoms with Gasteiger partial charge in [0.1, 0.15) is 0 Å². The summed E-state index contributed by atoms with van der Waals surface area (Å²) in [6.45, 7) is 1.61. The van der Waals surface area contributed by atoms with E-state index in [2.05, 4.69) is 20.5 Å². The number of aromatic nitrogens is 4. The van der Waals surface area contributed by atoms with Crippen molar-refractivity contribution in [3.63, 3.8) is 0 Å². The van der Waals surface area contributed by atoms with Gasteiger partial charge in [0.15, 0.2) is 15.9 Å². The number of fused-ring (bicyclic) bond motifs is 1. The molecule has 0 aliphatic heterocycles. The molecule has 1 aromatic carbocycles. The number of nitrogens with one attached hydrogen (secondary N) is 1. The lowest BCUT2D eigenvalue weighted by Gasteiger charge is -2.11. The quantitative estimate of drug-likeness (QED) is 0.372. The molecule has 0 bridgehead atoms. The Balaban J connectivity index is 1.50. The van der Waals surface area contributed by atoms with Crippen LogP contribution in [-0.2, 0) is 11.0 Å². The fourth-order valence-corrected chi connectivity index (χ4v) is 4.45. The van der Waals surface area contributed by atoms with Crippen LogP contribution in [0.25, 0.3) is 16.9 Å². The van der Waals surface area contributed by atoms with E-state index in [4.69, 9.17) is 11.6 Å². The minimum Gasteiger partial charge on any atom is -0.301 e. The van der Waals surface area contributed by atoms with Crippen LogP contribution < -0.4 is 5.32 Å². The summed E-state index contributed by atoms with van der Waals surface area (Å²) in [5.74, 6) is -0.367. The van der Waals surface area contributed by atoms with Crippen molar-refractivity contribution in [3.05, 3.63) is 58.6 Å². The molecule has 6 nitrogen and oxygen atoms in total. The number of carbonyl (C=O) groups is 1. The number of hydrogen-bond acceptors (Lipinski definition) is 6. The van der Waals surface area contributed by atoms with Crippen molar-refractivity contribution >= 4 is 51.4 Å². The van der Waals surface area contributed by atoms with Crippen molar-refractivity contribution in [2.24, 2.45) is 0 Å². The Morgan fingerprint density at radius 2 is 2.00 bits per heavy atom. The predicted octanol–water partition coefficient (Wildman–Crippen LogP) is 5.64. The third-order valence-electron chi connectivity index (χ3n) is 4.21. The van der Waals surface area contributed by atoms with Gasteiger partial charge >= 0.3 is 6.18 Å². The Morgan fingerprint density at radius 3 is 2.71 bits per heavy atom. The number of benzene rings is 1. The number of rotatable bonds is 5. The molecule has 0 aliphatic rings. The normalized spacial score (nSPS) is 12.8. The van der Waals surface area contributed by atoms with E-state index in [0.29, 0.717) is 5.13 Å². The van der Waals surface area contributed by atoms with Crippen LogP contribution in [0.4, 0.5) is 18.3 Å². The Morgan fingerprint density at radius 1 is 1.26 bits per heavy atom. The smallest absolute Gasteiger partial charge is 0.301 e. The summed E-state index contributed by atoms with van der Waals surface area (Å²) >= 11 is 8.17. The molecule has 4 aromatic rings. The highest BCUT2D eigenvalue weighted by Crippen LogP contribution is 2.34. The molecular formula is C19H13ClF3N5OS2. The van der Waals surface area contributed by atoms with E-state index in [0.717, 1.165) is 39.7 Å². The summed E-state index contributed by atoms with van der Waals surface area (Å²) in [5, 5.41) is 11.9. The Labute approximate surface area is 187 Å². The molecule has 0 aliphatic carbocycles. The van der Waals surface area contributed by atoms with Crippen LogP contribution in [0.15, 0.2) is 53.1 Å². The van der Waals surface area contributed by atoms with E-state index in [1.165, 1.54) is 11.3 Å². The van der Waals surface area contributed by atoms with Gasteiger partial charge in [-0.1, -0.05) is 53.7 Å². The molecular weight excluding hydrogens is 471 g/mol. The third kappa shape index (κ3) is 4.68. The summed E-state index contributed by atoms with van der Waals surface area (Å²) in [7, 11) is 0. The van der Waals surface area contributed by atoms with Gasteiger partial charge in [-0.05, 0) is 13.0 Å². The molecule has 0 saturated carbocycles. The van der Waals surface area contributed by atoms with E-state index in [1.54, 1.807) is 6.92 Å². The Bertz CT molecular complexity index is 1240. The maximum atomic E-state index is 13.1. The van der Waals surface area contributed by atoms with Crippen LogP contribution >= 0.6 is 34.7 Å². The second kappa shape index (κ2) is 8.48. The molecule has 0 unspecified atom stereocenters. The number of pyridine rings is 1. The van der Waals surface area contributed by atoms with Crippen LogP contribution in [0.2, 0.25) is 5.02 Å². The number of hydrogen-bond donors (Lipinski definition) is 1. The number of thioether (sulfide) groups is 1. The average Bonchev–Trinajstić information content (AvgIpc) is 3.35. The molecule has 0 fully saturated rings. The molecule has 0 radical (unpaired) electrons. The lowest BCUT2D eigenvalue weighted by Crippen LogP contribution is -2.22. The predicted molar refractivity (Wildman–Crippen MR) is 114 cm³/mol. The van der Waals surface area contributed by atoms with Gasteiger partial charge in [0.25, 0.3) is 0 Å². The monoisotopic (exact) mass is 483 g/mol. The number of halogens is 4. The summed E-state index contributed by atoms with van der Waals surface area (Å²) in [6.07, 6.45) is -3.71. The highest BCUT2D eigenvalue weighted by atomic mass is 35.5. The highest BCUT2D eigenvalue weighted by molar-refractivity contribution is 8.00. The Hall–Kier alpha value is -2.63. The maximum absolute atomic E-state index is 13.1. The van der Waals surface area contributed by atoms with E-state index < -0.39 is 17.0 Å². The number of amides is 1. The summed E-state index contributed by atoms with van der Waals surface area (Å²) in [6, 6.07) is 10.3. The first-order valence-electron chi connectivity index (χ1n) is 8.82. The summed E-state index contributed by atoms with van der Waals surface area (Å²) < 4.78 is 40.4. The van der Waals surface area contributed by atoms with Crippen molar-refractivity contribution in [2.45, 2.75) is 23.5 Å². The molecule has 1 N–H and O–H groups in total. The lowest BCUT2D eigenvalue weighted by molar-refractivity contribution is -0.137. The standard InChI is InChI=1S/C19H13ClF3N5OS2/c1-10(16(29)25-17-24-14(9-30-17)11-5-3-2-4-6-11)31-18-27-26-15-13(20)7-12(8-28(15)18)19(21,22)23/h2-10H,1H3,(H,24,25,29)/t10-/m0/s1. The van der Waals surface area contributed by atoms with Gasteiger partial charge in [0, 0.05) is 17.1 Å². The van der Waals surface area contributed by atoms with E-state index in [9.17, 15) is 18.0 Å². The topological polar surface area (TPSA) is 72.2 Å². The van der Waals surface area contributed by atoms with Crippen molar-refractivity contribution in [3.8, 4) is 11.3 Å². The van der Waals surface area contributed by atoms with Gasteiger partial charge in [-0.3, -0.25) is 9.20 Å². The molecule has 1 atom stereocenters. The zero-order valence-corrected chi connectivity index (χ0v) is 18.1. The van der Waals surface area contributed by atoms with Gasteiger partial charge in [0.05, 0.1) is 21.5 Å². The van der Waals surface area contributed by atoms with Crippen molar-refractivity contribution in [2.75, 3.05) is 5.32 Å². The van der Waals surface area contributed by atoms with Crippen molar-refractivity contribution in [1.29, 1.82) is 0 Å². The second-order valence-electron chi connectivity index (χ2n) is 6.40. The number of alkyl halides is 3. The van der Waals surface area contributed by atoms with Gasteiger partial charge < -0.3 is 5.32 Å². The number of anilines is 1. The Kier molecular flexibility index (Phi) is 5.91. The van der Waals surface area contributed by atoms with Crippen LogP contribution in [0.5, 0.6) is 0 Å². The van der Waals surface area contributed by atoms with Gasteiger partial charge in [0.2, 0.25) is 5.91 Å². The molecule has 12 heteroatoms. The maximum Gasteiger partial charge on any atom is 0.417 e. The molecule has 0 saturated heterocycles. The van der Waals surface area contributed by atoms with E-state index in [1.807, 2.05) is 35.7 Å². The fraction of sp³-hybridized carbons (Fsp3) is 0.158. The summed E-state index contributed by atoms with van der Waals surface area (Å²) in [4.78, 5) is 17.0. The fourth-order valence-electron chi connectivity index (χ4n) is 2.66. The molecule has 31 heavy (non-hydrogen) atoms. The average molecular weight is 484 g/mol. The molecule has 1 amide bonds. The number of nitrogens with zero attached hydrogens (tertiary/aromatic N) is 4. The van der Waals surface area contributed by atoms with E-state index in [-0.39, 0.29) is 21.7 Å². The molecule has 3 heterocycles. The molecule has 160 valence electrons. The molecule has 3 aromatic heterocycles. The largest absolute Gasteiger partial charge is 0.417 e. The molecule has 4 rings (SSSR count). The second-order valence-corrected chi connectivity index (χ2v) is 8.98. The first kappa shape index (κ1) is 21.6. The minimum absolute atomic E-state index is 0.0807. The van der Waals surface area contributed by atoms with Crippen LogP contribution in [0.3, 0.4) is 0 Å².